The molecule has 0 bridgehead atoms. The van der Waals surface area contributed by atoms with Crippen LogP contribution in [0.15, 0.2) is 47.1 Å². The molecule has 1 heterocycles. The highest BCUT2D eigenvalue weighted by Gasteiger charge is 2.25. The van der Waals surface area contributed by atoms with Gasteiger partial charge in [-0.05, 0) is 40.2 Å². The molecule has 0 atom stereocenters. The molecule has 3 aromatic rings. The van der Waals surface area contributed by atoms with Crippen LogP contribution in [0, 0.1) is 0 Å². The number of hydrogen-bond donors (Lipinski definition) is 0. The van der Waals surface area contributed by atoms with Gasteiger partial charge in [0.1, 0.15) is 24.5 Å². The van der Waals surface area contributed by atoms with Gasteiger partial charge in [-0.1, -0.05) is 59.7 Å². The van der Waals surface area contributed by atoms with Crippen molar-refractivity contribution in [1.29, 1.82) is 0 Å². The van der Waals surface area contributed by atoms with E-state index in [1.807, 2.05) is 30.5 Å². The summed E-state index contributed by atoms with van der Waals surface area (Å²) in [7, 11) is 0. The molecule has 0 N–H and O–H groups in total. The fourth-order valence-corrected chi connectivity index (χ4v) is 3.43. The van der Waals surface area contributed by atoms with E-state index in [-0.39, 0.29) is 23.4 Å². The monoisotopic (exact) mass is 408 g/mol. The van der Waals surface area contributed by atoms with E-state index < -0.39 is 0 Å². The van der Waals surface area contributed by atoms with Gasteiger partial charge in [-0.15, -0.1) is 0 Å². The number of rotatable bonds is 5. The second kappa shape index (κ2) is 8.17. The van der Waals surface area contributed by atoms with Gasteiger partial charge in [-0.2, -0.15) is 0 Å². The molecular weight excluding hydrogens is 376 g/mol. The molecule has 3 rings (SSSR count). The average molecular weight is 409 g/mol. The minimum Gasteiger partial charge on any atom is -0.490 e. The van der Waals surface area contributed by atoms with Crippen LogP contribution in [0.25, 0.3) is 22.1 Å². The third-order valence-corrected chi connectivity index (χ3v) is 5.17. The lowest BCUT2D eigenvalue weighted by Gasteiger charge is -2.25. The molecule has 0 radical (unpaired) electrons. The van der Waals surface area contributed by atoms with Crippen LogP contribution in [0.3, 0.4) is 0 Å². The SMILES string of the molecule is CC(=O)OCCOc1ccc(-c2coc3c(C(C)(C)C)cc(C(C)(C)C)cc23)cc1. The van der Waals surface area contributed by atoms with Gasteiger partial charge < -0.3 is 13.9 Å². The Morgan fingerprint density at radius 1 is 0.933 bits per heavy atom. The normalized spacial score (nSPS) is 12.2. The third kappa shape index (κ3) is 4.86. The van der Waals surface area contributed by atoms with Crippen LogP contribution in [-0.4, -0.2) is 19.2 Å². The van der Waals surface area contributed by atoms with E-state index in [9.17, 15) is 4.79 Å². The molecule has 0 fully saturated rings. The largest absolute Gasteiger partial charge is 0.490 e. The first-order valence-corrected chi connectivity index (χ1v) is 10.4. The van der Waals surface area contributed by atoms with E-state index in [4.69, 9.17) is 13.9 Å². The Labute approximate surface area is 179 Å². The third-order valence-electron chi connectivity index (χ3n) is 5.17. The summed E-state index contributed by atoms with van der Waals surface area (Å²) in [5.41, 5.74) is 5.65. The molecule has 0 saturated heterocycles. The maximum atomic E-state index is 10.8. The number of furan rings is 1. The maximum absolute atomic E-state index is 10.8. The summed E-state index contributed by atoms with van der Waals surface area (Å²) in [6.45, 7) is 15.3. The molecule has 0 spiro atoms. The van der Waals surface area contributed by atoms with Gasteiger partial charge in [0.05, 0.1) is 6.26 Å². The van der Waals surface area contributed by atoms with Crippen LogP contribution in [0.2, 0.25) is 0 Å². The van der Waals surface area contributed by atoms with Gasteiger partial charge in [-0.25, -0.2) is 0 Å². The van der Waals surface area contributed by atoms with Crippen molar-refractivity contribution >= 4 is 16.9 Å². The van der Waals surface area contributed by atoms with Crippen molar-refractivity contribution in [2.45, 2.75) is 59.3 Å². The van der Waals surface area contributed by atoms with E-state index in [2.05, 4.69) is 53.7 Å². The highest BCUT2D eigenvalue weighted by molar-refractivity contribution is 5.96. The lowest BCUT2D eigenvalue weighted by atomic mass is 9.79. The van der Waals surface area contributed by atoms with Gasteiger partial charge in [-0.3, -0.25) is 4.79 Å². The van der Waals surface area contributed by atoms with E-state index in [0.29, 0.717) is 6.61 Å². The molecule has 30 heavy (non-hydrogen) atoms. The minimum absolute atomic E-state index is 0.0196. The van der Waals surface area contributed by atoms with E-state index in [0.717, 1.165) is 27.8 Å². The number of carbonyl (C=O) groups excluding carboxylic acids is 1. The van der Waals surface area contributed by atoms with Crippen molar-refractivity contribution < 1.29 is 18.7 Å². The molecule has 1 aromatic heterocycles. The molecule has 160 valence electrons. The molecule has 0 aliphatic rings. The molecule has 0 unspecified atom stereocenters. The first-order chi connectivity index (χ1) is 14.0. The zero-order chi connectivity index (χ0) is 22.1. The zero-order valence-electron chi connectivity index (χ0n) is 19.1. The smallest absolute Gasteiger partial charge is 0.302 e. The lowest BCUT2D eigenvalue weighted by Crippen LogP contribution is -2.16. The van der Waals surface area contributed by atoms with Crippen LogP contribution in [0.4, 0.5) is 0 Å². The van der Waals surface area contributed by atoms with Gasteiger partial charge in [0.25, 0.3) is 0 Å². The second-order valence-electron chi connectivity index (χ2n) is 9.76. The number of hydrogen-bond acceptors (Lipinski definition) is 4. The van der Waals surface area contributed by atoms with Crippen LogP contribution in [-0.2, 0) is 20.4 Å². The summed E-state index contributed by atoms with van der Waals surface area (Å²) in [6, 6.07) is 12.5. The Bertz CT molecular complexity index is 1030. The summed E-state index contributed by atoms with van der Waals surface area (Å²) < 4.78 is 16.6. The van der Waals surface area contributed by atoms with Gasteiger partial charge in [0.2, 0.25) is 0 Å². The predicted molar refractivity (Wildman–Crippen MR) is 121 cm³/mol. The number of esters is 1. The molecule has 0 amide bonds. The van der Waals surface area contributed by atoms with Gasteiger partial charge in [0.15, 0.2) is 0 Å². The van der Waals surface area contributed by atoms with Crippen LogP contribution >= 0.6 is 0 Å². The highest BCUT2D eigenvalue weighted by atomic mass is 16.6. The fraction of sp³-hybridized carbons (Fsp3) is 0.423. The predicted octanol–water partition coefficient (Wildman–Crippen LogP) is 6.64. The topological polar surface area (TPSA) is 48.7 Å². The van der Waals surface area contributed by atoms with Crippen molar-refractivity contribution in [1.82, 2.24) is 0 Å². The van der Waals surface area contributed by atoms with Crippen LogP contribution < -0.4 is 4.74 Å². The Morgan fingerprint density at radius 2 is 1.60 bits per heavy atom. The Morgan fingerprint density at radius 3 is 2.17 bits per heavy atom. The quantitative estimate of drug-likeness (QED) is 0.351. The summed E-state index contributed by atoms with van der Waals surface area (Å²) in [5.74, 6) is 0.439. The summed E-state index contributed by atoms with van der Waals surface area (Å²) >= 11 is 0. The standard InChI is InChI=1S/C26H32O4/c1-17(27)28-12-13-29-20-10-8-18(9-11-20)22-16-30-24-21(22)14-19(25(2,3)4)15-23(24)26(5,6)7/h8-11,14-16H,12-13H2,1-7H3. The highest BCUT2D eigenvalue weighted by Crippen LogP contribution is 2.40. The minimum atomic E-state index is -0.301. The van der Waals surface area contributed by atoms with Gasteiger partial charge >= 0.3 is 5.97 Å². The maximum Gasteiger partial charge on any atom is 0.302 e. The number of carbonyl (C=O) groups is 1. The molecule has 0 aliphatic heterocycles. The summed E-state index contributed by atoms with van der Waals surface area (Å²) in [5, 5.41) is 1.14. The van der Waals surface area contributed by atoms with Crippen molar-refractivity contribution in [3.8, 4) is 16.9 Å². The Balaban J connectivity index is 1.95. The Kier molecular flexibility index (Phi) is 5.98. The van der Waals surface area contributed by atoms with Crippen LogP contribution in [0.1, 0.15) is 59.6 Å². The van der Waals surface area contributed by atoms with Crippen molar-refractivity contribution in [2.24, 2.45) is 0 Å². The molecule has 2 aromatic carbocycles. The van der Waals surface area contributed by atoms with Crippen molar-refractivity contribution in [3.63, 3.8) is 0 Å². The number of benzene rings is 2. The second-order valence-corrected chi connectivity index (χ2v) is 9.76. The number of ether oxygens (including phenoxy) is 2. The van der Waals surface area contributed by atoms with E-state index in [1.165, 1.54) is 18.1 Å². The van der Waals surface area contributed by atoms with Crippen molar-refractivity contribution in [2.75, 3.05) is 13.2 Å². The van der Waals surface area contributed by atoms with Gasteiger partial charge in [0, 0.05) is 23.4 Å². The molecule has 0 saturated carbocycles. The first-order valence-electron chi connectivity index (χ1n) is 10.4. The summed E-state index contributed by atoms with van der Waals surface area (Å²) in [4.78, 5) is 10.8. The molecule has 0 aliphatic carbocycles. The molecule has 4 nitrogen and oxygen atoms in total. The Hall–Kier alpha value is -2.75. The first kappa shape index (κ1) is 21.9. The zero-order valence-corrected chi connectivity index (χ0v) is 19.1. The van der Waals surface area contributed by atoms with Crippen LogP contribution in [0.5, 0.6) is 5.75 Å². The summed E-state index contributed by atoms with van der Waals surface area (Å²) in [6.07, 6.45) is 1.85. The average Bonchev–Trinajstić information content (AvgIpc) is 3.07. The number of fused-ring (bicyclic) bond motifs is 1. The molecular formula is C26H32O4. The van der Waals surface area contributed by atoms with E-state index >= 15 is 0 Å². The molecule has 4 heteroatoms. The van der Waals surface area contributed by atoms with Crippen molar-refractivity contribution in [3.05, 3.63) is 53.8 Å². The lowest BCUT2D eigenvalue weighted by molar-refractivity contribution is -0.141. The van der Waals surface area contributed by atoms with E-state index in [1.54, 1.807) is 0 Å². The fourth-order valence-electron chi connectivity index (χ4n) is 3.43.